The van der Waals surface area contributed by atoms with Crippen molar-refractivity contribution in [2.24, 2.45) is 0 Å². The van der Waals surface area contributed by atoms with E-state index < -0.39 is 11.7 Å². The number of thiazole rings is 1. The van der Waals surface area contributed by atoms with Crippen LogP contribution in [0.25, 0.3) is 4.96 Å². The number of hydrogen-bond acceptors (Lipinski definition) is 3. The van der Waals surface area contributed by atoms with Gasteiger partial charge in [0.1, 0.15) is 0 Å². The van der Waals surface area contributed by atoms with Gasteiger partial charge in [-0.25, -0.2) is 4.98 Å². The van der Waals surface area contributed by atoms with Crippen LogP contribution in [0.2, 0.25) is 5.02 Å². The summed E-state index contributed by atoms with van der Waals surface area (Å²) in [5, 5.41) is 5.04. The summed E-state index contributed by atoms with van der Waals surface area (Å²) < 4.78 is 39.9. The van der Waals surface area contributed by atoms with Crippen LogP contribution < -0.4 is 5.32 Å². The molecule has 0 unspecified atom stereocenters. The molecule has 1 aromatic carbocycles. The van der Waals surface area contributed by atoms with Gasteiger partial charge in [-0.3, -0.25) is 4.40 Å². The van der Waals surface area contributed by atoms with Crippen LogP contribution in [0.1, 0.15) is 11.3 Å². The van der Waals surface area contributed by atoms with E-state index in [0.29, 0.717) is 6.54 Å². The first-order chi connectivity index (χ1) is 9.93. The molecule has 0 radical (unpaired) electrons. The second-order valence-electron chi connectivity index (χ2n) is 4.37. The number of hydrogen-bond donors (Lipinski definition) is 1. The Bertz CT molecular complexity index is 750. The van der Waals surface area contributed by atoms with E-state index in [9.17, 15) is 13.2 Å². The van der Waals surface area contributed by atoms with Gasteiger partial charge in [0.25, 0.3) is 0 Å². The normalized spacial score (nSPS) is 12.0. The Hall–Kier alpha value is -1.73. The zero-order chi connectivity index (χ0) is 15.0. The van der Waals surface area contributed by atoms with Gasteiger partial charge < -0.3 is 5.32 Å². The molecular weight excluding hydrogens is 323 g/mol. The van der Waals surface area contributed by atoms with Crippen molar-refractivity contribution in [3.05, 3.63) is 52.3 Å². The molecule has 3 nitrogen and oxygen atoms in total. The van der Waals surface area contributed by atoms with Gasteiger partial charge in [-0.1, -0.05) is 11.6 Å². The molecule has 1 N–H and O–H groups in total. The van der Waals surface area contributed by atoms with Crippen LogP contribution in [0.3, 0.4) is 0 Å². The van der Waals surface area contributed by atoms with Crippen molar-refractivity contribution in [3.63, 3.8) is 0 Å². The van der Waals surface area contributed by atoms with Crippen molar-refractivity contribution < 1.29 is 13.2 Å². The Morgan fingerprint density at radius 2 is 2.14 bits per heavy atom. The first kappa shape index (κ1) is 14.2. The summed E-state index contributed by atoms with van der Waals surface area (Å²) in [6, 6.07) is 3.19. The van der Waals surface area contributed by atoms with Gasteiger partial charge in [0.05, 0.1) is 28.5 Å². The topological polar surface area (TPSA) is 29.3 Å². The third-order valence-corrected chi connectivity index (χ3v) is 4.00. The quantitative estimate of drug-likeness (QED) is 0.755. The Labute approximate surface area is 127 Å². The molecule has 21 heavy (non-hydrogen) atoms. The zero-order valence-corrected chi connectivity index (χ0v) is 12.1. The van der Waals surface area contributed by atoms with E-state index in [-0.39, 0.29) is 10.7 Å². The average molecular weight is 332 g/mol. The number of nitrogens with one attached hydrogen (secondary N) is 1. The molecule has 110 valence electrons. The SMILES string of the molecule is FC(F)(F)c1ccc(Cl)c(NCc2cn3ccsc3n2)c1. The Morgan fingerprint density at radius 3 is 2.86 bits per heavy atom. The third kappa shape index (κ3) is 2.98. The molecule has 0 saturated heterocycles. The highest BCUT2D eigenvalue weighted by molar-refractivity contribution is 7.15. The van der Waals surface area contributed by atoms with Crippen molar-refractivity contribution in [2.75, 3.05) is 5.32 Å². The summed E-state index contributed by atoms with van der Waals surface area (Å²) in [7, 11) is 0. The molecule has 0 spiro atoms. The molecule has 0 saturated carbocycles. The minimum Gasteiger partial charge on any atom is -0.378 e. The fourth-order valence-electron chi connectivity index (χ4n) is 1.88. The molecule has 0 aliphatic carbocycles. The highest BCUT2D eigenvalue weighted by atomic mass is 35.5. The molecule has 0 bridgehead atoms. The number of anilines is 1. The Morgan fingerprint density at radius 1 is 1.33 bits per heavy atom. The van der Waals surface area contributed by atoms with E-state index in [0.717, 1.165) is 22.8 Å². The maximum absolute atomic E-state index is 12.7. The van der Waals surface area contributed by atoms with Crippen LogP contribution in [0.15, 0.2) is 36.0 Å². The van der Waals surface area contributed by atoms with E-state index in [1.807, 2.05) is 22.2 Å². The molecule has 0 aliphatic heterocycles. The van der Waals surface area contributed by atoms with Crippen molar-refractivity contribution >= 4 is 33.6 Å². The molecule has 3 aromatic rings. The van der Waals surface area contributed by atoms with Gasteiger partial charge in [-0.2, -0.15) is 13.2 Å². The second-order valence-corrected chi connectivity index (χ2v) is 5.65. The number of fused-ring (bicyclic) bond motifs is 1. The minimum absolute atomic E-state index is 0.239. The van der Waals surface area contributed by atoms with Crippen molar-refractivity contribution in [3.8, 4) is 0 Å². The lowest BCUT2D eigenvalue weighted by Crippen LogP contribution is -2.07. The fraction of sp³-hybridized carbons (Fsp3) is 0.154. The molecule has 3 rings (SSSR count). The molecule has 2 heterocycles. The maximum atomic E-state index is 12.7. The standard InChI is InChI=1S/C13H9ClF3N3S/c14-10-2-1-8(13(15,16)17)5-11(10)18-6-9-7-20-3-4-21-12(20)19-9/h1-5,7,18H,6H2. The third-order valence-electron chi connectivity index (χ3n) is 2.90. The molecular formula is C13H9ClF3N3S. The maximum Gasteiger partial charge on any atom is 0.416 e. The van der Waals surface area contributed by atoms with Crippen molar-refractivity contribution in [1.82, 2.24) is 9.38 Å². The first-order valence-corrected chi connectivity index (χ1v) is 7.21. The van der Waals surface area contributed by atoms with E-state index in [2.05, 4.69) is 10.3 Å². The second kappa shape index (κ2) is 5.23. The van der Waals surface area contributed by atoms with Crippen LogP contribution in [-0.2, 0) is 12.7 Å². The van der Waals surface area contributed by atoms with Gasteiger partial charge in [0, 0.05) is 17.8 Å². The Kier molecular flexibility index (Phi) is 3.54. The van der Waals surface area contributed by atoms with Crippen LogP contribution in [0.5, 0.6) is 0 Å². The summed E-state index contributed by atoms with van der Waals surface area (Å²) in [5.74, 6) is 0. The highest BCUT2D eigenvalue weighted by Crippen LogP contribution is 2.33. The molecule has 2 aromatic heterocycles. The van der Waals surface area contributed by atoms with Crippen LogP contribution in [0, 0.1) is 0 Å². The van der Waals surface area contributed by atoms with E-state index in [4.69, 9.17) is 11.6 Å². The largest absolute Gasteiger partial charge is 0.416 e. The molecule has 0 fully saturated rings. The number of rotatable bonds is 3. The monoisotopic (exact) mass is 331 g/mol. The zero-order valence-electron chi connectivity index (χ0n) is 10.5. The predicted molar refractivity (Wildman–Crippen MR) is 76.8 cm³/mol. The number of benzene rings is 1. The van der Waals surface area contributed by atoms with Gasteiger partial charge >= 0.3 is 6.18 Å². The lowest BCUT2D eigenvalue weighted by Gasteiger charge is -2.11. The van der Waals surface area contributed by atoms with E-state index in [1.165, 1.54) is 17.4 Å². The van der Waals surface area contributed by atoms with Gasteiger partial charge in [-0.05, 0) is 18.2 Å². The summed E-state index contributed by atoms with van der Waals surface area (Å²) in [6.45, 7) is 0.301. The molecule has 0 amide bonds. The number of halogens is 4. The van der Waals surface area contributed by atoms with Gasteiger partial charge in [0.2, 0.25) is 0 Å². The number of aromatic nitrogens is 2. The summed E-state index contributed by atoms with van der Waals surface area (Å²) in [4.78, 5) is 5.18. The lowest BCUT2D eigenvalue weighted by atomic mass is 10.2. The first-order valence-electron chi connectivity index (χ1n) is 5.95. The van der Waals surface area contributed by atoms with E-state index >= 15 is 0 Å². The average Bonchev–Trinajstić information content (AvgIpc) is 2.97. The summed E-state index contributed by atoms with van der Waals surface area (Å²) >= 11 is 7.40. The molecule has 0 aliphatic rings. The number of alkyl halides is 3. The predicted octanol–water partition coefficient (Wildman–Crippen LogP) is 4.68. The van der Waals surface area contributed by atoms with Gasteiger partial charge in [0.15, 0.2) is 4.96 Å². The van der Waals surface area contributed by atoms with E-state index in [1.54, 1.807) is 0 Å². The molecule has 0 atom stereocenters. The van der Waals surface area contributed by atoms with Crippen LogP contribution in [-0.4, -0.2) is 9.38 Å². The fourth-order valence-corrected chi connectivity index (χ4v) is 2.79. The number of nitrogens with zero attached hydrogens (tertiary/aromatic N) is 2. The van der Waals surface area contributed by atoms with Crippen LogP contribution in [0.4, 0.5) is 18.9 Å². The minimum atomic E-state index is -4.39. The highest BCUT2D eigenvalue weighted by Gasteiger charge is 2.30. The Balaban J connectivity index is 1.79. The van der Waals surface area contributed by atoms with Crippen molar-refractivity contribution in [1.29, 1.82) is 0 Å². The lowest BCUT2D eigenvalue weighted by molar-refractivity contribution is -0.137. The van der Waals surface area contributed by atoms with Crippen LogP contribution >= 0.6 is 22.9 Å². The summed E-state index contributed by atoms with van der Waals surface area (Å²) in [6.07, 6.45) is -0.702. The molecule has 8 heteroatoms. The number of imidazole rings is 1. The summed E-state index contributed by atoms with van der Waals surface area (Å²) in [5.41, 5.74) is 0.235. The van der Waals surface area contributed by atoms with Crippen molar-refractivity contribution in [2.45, 2.75) is 12.7 Å². The smallest absolute Gasteiger partial charge is 0.378 e. The van der Waals surface area contributed by atoms with Gasteiger partial charge in [-0.15, -0.1) is 11.3 Å².